The minimum absolute atomic E-state index is 0.0792. The molecule has 0 bridgehead atoms. The maximum Gasteiger partial charge on any atom is 0.239 e. The van der Waals surface area contributed by atoms with Crippen molar-refractivity contribution in [2.24, 2.45) is 11.7 Å². The van der Waals surface area contributed by atoms with Gasteiger partial charge in [0.05, 0.1) is 6.04 Å². The van der Waals surface area contributed by atoms with Crippen molar-refractivity contribution in [1.29, 1.82) is 0 Å². The van der Waals surface area contributed by atoms with Crippen LogP contribution in [0.1, 0.15) is 34.1 Å². The van der Waals surface area contributed by atoms with E-state index in [1.807, 2.05) is 25.9 Å². The number of hydrogen-bond acceptors (Lipinski definition) is 3. The van der Waals surface area contributed by atoms with Crippen LogP contribution >= 0.6 is 0 Å². The van der Waals surface area contributed by atoms with Gasteiger partial charge in [0.1, 0.15) is 0 Å². The van der Waals surface area contributed by atoms with Gasteiger partial charge in [0, 0.05) is 19.1 Å². The number of amides is 1. The topological polar surface area (TPSA) is 49.6 Å². The van der Waals surface area contributed by atoms with E-state index in [0.29, 0.717) is 5.92 Å². The summed E-state index contributed by atoms with van der Waals surface area (Å²) in [6.45, 7) is 9.85. The number of carbonyl (C=O) groups excluding carboxylic acids is 1. The third-order valence-corrected chi connectivity index (χ3v) is 2.83. The van der Waals surface area contributed by atoms with E-state index in [0.717, 1.165) is 19.5 Å². The van der Waals surface area contributed by atoms with Gasteiger partial charge >= 0.3 is 0 Å². The Morgan fingerprint density at radius 2 is 1.76 bits per heavy atom. The van der Waals surface area contributed by atoms with Crippen LogP contribution < -0.4 is 5.73 Å². The number of likely N-dealkylation sites (N-methyl/N-ethyl adjacent to an activating group) is 2. The highest BCUT2D eigenvalue weighted by Gasteiger charge is 2.24. The molecule has 0 saturated carbocycles. The van der Waals surface area contributed by atoms with Gasteiger partial charge in [-0.05, 0) is 40.3 Å². The molecule has 0 aliphatic heterocycles. The number of rotatable bonds is 7. The molecular formula is C13H29N3O. The van der Waals surface area contributed by atoms with Gasteiger partial charge in [0.2, 0.25) is 5.91 Å². The van der Waals surface area contributed by atoms with Crippen molar-refractivity contribution in [3.05, 3.63) is 0 Å². The van der Waals surface area contributed by atoms with Crippen LogP contribution in [0.5, 0.6) is 0 Å². The lowest BCUT2D eigenvalue weighted by atomic mass is 10.0. The first-order chi connectivity index (χ1) is 7.79. The van der Waals surface area contributed by atoms with Crippen molar-refractivity contribution in [3.63, 3.8) is 0 Å². The van der Waals surface area contributed by atoms with Crippen molar-refractivity contribution in [2.45, 2.75) is 46.2 Å². The van der Waals surface area contributed by atoms with Gasteiger partial charge in [0.25, 0.3) is 0 Å². The summed E-state index contributed by atoms with van der Waals surface area (Å²) in [4.78, 5) is 16.2. The van der Waals surface area contributed by atoms with Crippen molar-refractivity contribution in [3.8, 4) is 0 Å². The Morgan fingerprint density at radius 1 is 1.24 bits per heavy atom. The van der Waals surface area contributed by atoms with Crippen LogP contribution in [0.15, 0.2) is 0 Å². The molecule has 1 amide bonds. The highest BCUT2D eigenvalue weighted by Crippen LogP contribution is 2.09. The Kier molecular flexibility index (Phi) is 7.39. The lowest BCUT2D eigenvalue weighted by Crippen LogP contribution is -2.50. The lowest BCUT2D eigenvalue weighted by Gasteiger charge is -2.32. The molecule has 4 nitrogen and oxygen atoms in total. The molecule has 0 heterocycles. The van der Waals surface area contributed by atoms with E-state index < -0.39 is 0 Å². The molecule has 102 valence electrons. The molecule has 0 rings (SSSR count). The minimum Gasteiger partial charge on any atom is -0.338 e. The molecule has 0 fully saturated rings. The summed E-state index contributed by atoms with van der Waals surface area (Å²) < 4.78 is 0. The zero-order valence-corrected chi connectivity index (χ0v) is 12.2. The first-order valence-corrected chi connectivity index (χ1v) is 6.50. The number of nitrogens with two attached hydrogens (primary N) is 1. The number of nitrogens with zero attached hydrogens (tertiary/aromatic N) is 2. The predicted molar refractivity (Wildman–Crippen MR) is 72.8 cm³/mol. The molecule has 0 radical (unpaired) electrons. The van der Waals surface area contributed by atoms with Gasteiger partial charge in [-0.15, -0.1) is 0 Å². The molecule has 1 unspecified atom stereocenters. The highest BCUT2D eigenvalue weighted by molar-refractivity contribution is 5.81. The molecule has 0 aromatic rings. The molecule has 17 heavy (non-hydrogen) atoms. The summed E-state index contributed by atoms with van der Waals surface area (Å²) in [7, 11) is 4.03. The quantitative estimate of drug-likeness (QED) is 0.730. The van der Waals surface area contributed by atoms with Crippen LogP contribution in [-0.4, -0.2) is 55.0 Å². The second kappa shape index (κ2) is 7.67. The summed E-state index contributed by atoms with van der Waals surface area (Å²) in [6, 6.07) is -0.153. The highest BCUT2D eigenvalue weighted by atomic mass is 16.2. The van der Waals surface area contributed by atoms with E-state index >= 15 is 0 Å². The maximum absolute atomic E-state index is 12.2. The first-order valence-electron chi connectivity index (χ1n) is 6.50. The largest absolute Gasteiger partial charge is 0.338 e. The van der Waals surface area contributed by atoms with Gasteiger partial charge in [-0.2, -0.15) is 0 Å². The molecular weight excluding hydrogens is 214 g/mol. The van der Waals surface area contributed by atoms with E-state index in [-0.39, 0.29) is 18.0 Å². The van der Waals surface area contributed by atoms with Gasteiger partial charge in [0.15, 0.2) is 0 Å². The Morgan fingerprint density at radius 3 is 2.12 bits per heavy atom. The fourth-order valence-electron chi connectivity index (χ4n) is 2.13. The summed E-state index contributed by atoms with van der Waals surface area (Å²) in [5, 5.41) is 0. The van der Waals surface area contributed by atoms with Crippen LogP contribution in [0.3, 0.4) is 0 Å². The average Bonchev–Trinajstić information content (AvgIpc) is 2.16. The standard InChI is InChI=1S/C13H29N3O/c1-7-16(11(4)9-15(5)6)13(17)12(14)8-10(2)3/h10-12H,7-9,14H2,1-6H3/t11?,12-/m0/s1. The molecule has 0 spiro atoms. The average molecular weight is 243 g/mol. The van der Waals surface area contributed by atoms with Crippen LogP contribution in [-0.2, 0) is 4.79 Å². The van der Waals surface area contributed by atoms with Crippen molar-refractivity contribution in [2.75, 3.05) is 27.2 Å². The van der Waals surface area contributed by atoms with E-state index in [1.54, 1.807) is 0 Å². The Bertz CT molecular complexity index is 229. The fraction of sp³-hybridized carbons (Fsp3) is 0.923. The van der Waals surface area contributed by atoms with Crippen molar-refractivity contribution < 1.29 is 4.79 Å². The summed E-state index contributed by atoms with van der Waals surface area (Å²) in [6.07, 6.45) is 0.754. The van der Waals surface area contributed by atoms with Crippen LogP contribution in [0.4, 0.5) is 0 Å². The molecule has 4 heteroatoms. The number of carbonyl (C=O) groups is 1. The number of hydrogen-bond donors (Lipinski definition) is 1. The molecule has 0 aromatic carbocycles. The first kappa shape index (κ1) is 16.4. The molecule has 2 N–H and O–H groups in total. The third-order valence-electron chi connectivity index (χ3n) is 2.83. The van der Waals surface area contributed by atoms with Gasteiger partial charge in [-0.3, -0.25) is 4.79 Å². The SMILES string of the molecule is CCN(C(=O)[C@@H](N)CC(C)C)C(C)CN(C)C. The van der Waals surface area contributed by atoms with E-state index in [9.17, 15) is 4.79 Å². The molecule has 0 aliphatic carbocycles. The Hall–Kier alpha value is -0.610. The van der Waals surface area contributed by atoms with Gasteiger partial charge in [-0.1, -0.05) is 13.8 Å². The van der Waals surface area contributed by atoms with Crippen molar-refractivity contribution >= 4 is 5.91 Å². The molecule has 0 saturated heterocycles. The molecule has 0 aromatic heterocycles. The van der Waals surface area contributed by atoms with Crippen LogP contribution in [0.25, 0.3) is 0 Å². The lowest BCUT2D eigenvalue weighted by molar-refractivity contribution is -0.135. The zero-order chi connectivity index (χ0) is 13.6. The predicted octanol–water partition coefficient (Wildman–Crippen LogP) is 1.16. The van der Waals surface area contributed by atoms with Crippen LogP contribution in [0, 0.1) is 5.92 Å². The molecule has 2 atom stereocenters. The normalized spacial score (nSPS) is 15.1. The summed E-state index contributed by atoms with van der Waals surface area (Å²) >= 11 is 0. The van der Waals surface area contributed by atoms with Crippen molar-refractivity contribution in [1.82, 2.24) is 9.80 Å². The molecule has 0 aliphatic rings. The van der Waals surface area contributed by atoms with Crippen LogP contribution in [0.2, 0.25) is 0 Å². The Labute approximate surface area is 106 Å². The third kappa shape index (κ3) is 6.03. The second-order valence-electron chi connectivity index (χ2n) is 5.47. The fourth-order valence-corrected chi connectivity index (χ4v) is 2.13. The van der Waals surface area contributed by atoms with E-state index in [1.165, 1.54) is 0 Å². The van der Waals surface area contributed by atoms with E-state index in [2.05, 4.69) is 25.7 Å². The summed E-state index contributed by atoms with van der Waals surface area (Å²) in [5.41, 5.74) is 5.96. The summed E-state index contributed by atoms with van der Waals surface area (Å²) in [5.74, 6) is 0.535. The Balaban J connectivity index is 4.48. The maximum atomic E-state index is 12.2. The smallest absolute Gasteiger partial charge is 0.239 e. The van der Waals surface area contributed by atoms with Gasteiger partial charge < -0.3 is 15.5 Å². The zero-order valence-electron chi connectivity index (χ0n) is 12.2. The second-order valence-corrected chi connectivity index (χ2v) is 5.47. The monoisotopic (exact) mass is 243 g/mol. The van der Waals surface area contributed by atoms with Gasteiger partial charge in [-0.25, -0.2) is 0 Å². The van der Waals surface area contributed by atoms with E-state index in [4.69, 9.17) is 5.73 Å². The minimum atomic E-state index is -0.362.